The maximum Gasteiger partial charge on any atom is 0.349 e. The van der Waals surface area contributed by atoms with Gasteiger partial charge in [-0.2, -0.15) is 0 Å². The Morgan fingerprint density at radius 2 is 1.93 bits per heavy atom. The molecule has 0 unspecified atom stereocenters. The average Bonchev–Trinajstić information content (AvgIpc) is 3.05. The van der Waals surface area contributed by atoms with Gasteiger partial charge >= 0.3 is 5.63 Å². The number of carbonyl (C=O) groups is 1. The molecule has 2 aromatic heterocycles. The van der Waals surface area contributed by atoms with Gasteiger partial charge in [-0.15, -0.1) is 0 Å². The molecule has 0 spiro atoms. The summed E-state index contributed by atoms with van der Waals surface area (Å²) in [5.74, 6) is 0.492. The zero-order chi connectivity index (χ0) is 19.5. The minimum Gasteiger partial charge on any atom is -0.422 e. The highest BCUT2D eigenvalue weighted by Gasteiger charge is 2.14. The quantitative estimate of drug-likeness (QED) is 0.523. The summed E-state index contributed by atoms with van der Waals surface area (Å²) < 4.78 is 7.42. The molecule has 0 atom stereocenters. The lowest BCUT2D eigenvalue weighted by molar-refractivity contribution is 0.0950. The van der Waals surface area contributed by atoms with Crippen LogP contribution in [0, 0.1) is 0 Å². The number of nitrogens with zero attached hydrogens (tertiary/aromatic N) is 2. The first-order chi connectivity index (χ1) is 13.7. The molecular weight excluding hydrogens is 354 g/mol. The molecule has 2 aromatic carbocycles. The molecule has 0 saturated heterocycles. The third kappa shape index (κ3) is 3.41. The SMILES string of the molecule is CCCn1c(CCNC(=O)c2cc3ccccc3oc2=O)nc2ccccc21. The van der Waals surface area contributed by atoms with E-state index in [9.17, 15) is 9.59 Å². The molecule has 0 radical (unpaired) electrons. The van der Waals surface area contributed by atoms with Crippen LogP contribution in [0.4, 0.5) is 0 Å². The first-order valence-corrected chi connectivity index (χ1v) is 9.42. The van der Waals surface area contributed by atoms with Crippen LogP contribution >= 0.6 is 0 Å². The molecule has 0 aliphatic carbocycles. The Labute approximate surface area is 161 Å². The standard InChI is InChI=1S/C22H21N3O3/c1-2-13-25-18-9-5-4-8-17(18)24-20(25)11-12-23-21(26)16-14-15-7-3-6-10-19(15)28-22(16)27/h3-10,14H,2,11-13H2,1H3,(H,23,26). The van der Waals surface area contributed by atoms with Gasteiger partial charge in [0.2, 0.25) is 0 Å². The zero-order valence-corrected chi connectivity index (χ0v) is 15.6. The molecule has 0 saturated carbocycles. The Balaban J connectivity index is 1.50. The molecule has 0 bridgehead atoms. The highest BCUT2D eigenvalue weighted by atomic mass is 16.4. The van der Waals surface area contributed by atoms with Crippen LogP contribution in [0.5, 0.6) is 0 Å². The number of nitrogens with one attached hydrogen (secondary N) is 1. The number of benzene rings is 2. The number of aromatic nitrogens is 2. The molecule has 28 heavy (non-hydrogen) atoms. The number of aryl methyl sites for hydroxylation is 1. The Bertz CT molecular complexity index is 1210. The van der Waals surface area contributed by atoms with Crippen LogP contribution in [0.3, 0.4) is 0 Å². The van der Waals surface area contributed by atoms with Crippen LogP contribution in [0.15, 0.2) is 63.8 Å². The van der Waals surface area contributed by atoms with Crippen molar-refractivity contribution in [2.45, 2.75) is 26.3 Å². The molecule has 2 heterocycles. The van der Waals surface area contributed by atoms with Crippen molar-refractivity contribution in [3.63, 3.8) is 0 Å². The lowest BCUT2D eigenvalue weighted by Crippen LogP contribution is -2.30. The summed E-state index contributed by atoms with van der Waals surface area (Å²) in [6, 6.07) is 16.7. The van der Waals surface area contributed by atoms with E-state index in [-0.39, 0.29) is 5.56 Å². The first-order valence-electron chi connectivity index (χ1n) is 9.42. The van der Waals surface area contributed by atoms with Gasteiger partial charge < -0.3 is 14.3 Å². The van der Waals surface area contributed by atoms with Crippen LogP contribution in [0.1, 0.15) is 29.5 Å². The molecule has 0 aliphatic heterocycles. The summed E-state index contributed by atoms with van der Waals surface area (Å²) in [5.41, 5.74) is 1.90. The minimum absolute atomic E-state index is 0.0146. The smallest absolute Gasteiger partial charge is 0.349 e. The summed E-state index contributed by atoms with van der Waals surface area (Å²) in [6.45, 7) is 3.38. The summed E-state index contributed by atoms with van der Waals surface area (Å²) in [6.07, 6.45) is 1.58. The molecule has 6 nitrogen and oxygen atoms in total. The van der Waals surface area contributed by atoms with E-state index >= 15 is 0 Å². The number of imidazole rings is 1. The third-order valence-electron chi connectivity index (χ3n) is 4.70. The summed E-state index contributed by atoms with van der Waals surface area (Å²) >= 11 is 0. The molecular formula is C22H21N3O3. The van der Waals surface area contributed by atoms with Crippen LogP contribution < -0.4 is 10.9 Å². The Hall–Kier alpha value is -3.41. The van der Waals surface area contributed by atoms with Crippen LogP contribution in [-0.4, -0.2) is 22.0 Å². The monoisotopic (exact) mass is 375 g/mol. The largest absolute Gasteiger partial charge is 0.422 e. The molecule has 0 fully saturated rings. The van der Waals surface area contributed by atoms with Gasteiger partial charge in [-0.05, 0) is 30.7 Å². The zero-order valence-electron chi connectivity index (χ0n) is 15.6. The van der Waals surface area contributed by atoms with Gasteiger partial charge in [0.15, 0.2) is 0 Å². The Morgan fingerprint density at radius 1 is 1.14 bits per heavy atom. The van der Waals surface area contributed by atoms with E-state index in [1.165, 1.54) is 0 Å². The third-order valence-corrected chi connectivity index (χ3v) is 4.70. The lowest BCUT2D eigenvalue weighted by Gasteiger charge is -2.08. The van der Waals surface area contributed by atoms with E-state index in [4.69, 9.17) is 9.40 Å². The van der Waals surface area contributed by atoms with E-state index in [1.54, 1.807) is 18.2 Å². The number of para-hydroxylation sites is 3. The van der Waals surface area contributed by atoms with Crippen molar-refractivity contribution >= 4 is 27.9 Å². The number of rotatable bonds is 6. The number of amides is 1. The Morgan fingerprint density at radius 3 is 2.79 bits per heavy atom. The van der Waals surface area contributed by atoms with Gasteiger partial charge in [-0.1, -0.05) is 37.3 Å². The van der Waals surface area contributed by atoms with Crippen LogP contribution in [0.2, 0.25) is 0 Å². The normalized spacial score (nSPS) is 11.2. The van der Waals surface area contributed by atoms with Crippen molar-refractivity contribution in [3.8, 4) is 0 Å². The van der Waals surface area contributed by atoms with Gasteiger partial charge in [0, 0.05) is 24.9 Å². The van der Waals surface area contributed by atoms with E-state index in [0.29, 0.717) is 18.5 Å². The molecule has 1 amide bonds. The van der Waals surface area contributed by atoms with Gasteiger partial charge in [-0.25, -0.2) is 9.78 Å². The van der Waals surface area contributed by atoms with Crippen molar-refractivity contribution < 1.29 is 9.21 Å². The Kier molecular flexibility index (Phi) is 4.93. The molecule has 4 rings (SSSR count). The maximum absolute atomic E-state index is 12.5. The maximum atomic E-state index is 12.5. The summed E-state index contributed by atoms with van der Waals surface area (Å²) in [7, 11) is 0. The van der Waals surface area contributed by atoms with Crippen molar-refractivity contribution in [3.05, 3.63) is 76.4 Å². The summed E-state index contributed by atoms with van der Waals surface area (Å²) in [5, 5.41) is 3.53. The molecule has 0 aliphatic rings. The molecule has 6 heteroatoms. The van der Waals surface area contributed by atoms with Gasteiger partial charge in [0.25, 0.3) is 5.91 Å². The van der Waals surface area contributed by atoms with E-state index < -0.39 is 11.5 Å². The summed E-state index contributed by atoms with van der Waals surface area (Å²) in [4.78, 5) is 29.3. The predicted molar refractivity (Wildman–Crippen MR) is 109 cm³/mol. The molecule has 142 valence electrons. The van der Waals surface area contributed by atoms with Gasteiger partial charge in [0.1, 0.15) is 17.0 Å². The van der Waals surface area contributed by atoms with E-state index in [2.05, 4.69) is 22.9 Å². The van der Waals surface area contributed by atoms with Crippen LogP contribution in [-0.2, 0) is 13.0 Å². The number of fused-ring (bicyclic) bond motifs is 2. The molecule has 1 N–H and O–H groups in total. The second-order valence-electron chi connectivity index (χ2n) is 6.66. The van der Waals surface area contributed by atoms with Crippen molar-refractivity contribution in [1.29, 1.82) is 0 Å². The fraction of sp³-hybridized carbons (Fsp3) is 0.227. The van der Waals surface area contributed by atoms with Gasteiger partial charge in [0.05, 0.1) is 11.0 Å². The second-order valence-corrected chi connectivity index (χ2v) is 6.66. The number of hydrogen-bond donors (Lipinski definition) is 1. The van der Waals surface area contributed by atoms with Crippen molar-refractivity contribution in [2.75, 3.05) is 6.54 Å². The van der Waals surface area contributed by atoms with E-state index in [1.807, 2.05) is 30.3 Å². The minimum atomic E-state index is -0.630. The highest BCUT2D eigenvalue weighted by molar-refractivity contribution is 5.96. The second kappa shape index (κ2) is 7.68. The molecule has 4 aromatic rings. The predicted octanol–water partition coefficient (Wildman–Crippen LogP) is 3.53. The van der Waals surface area contributed by atoms with Crippen molar-refractivity contribution in [1.82, 2.24) is 14.9 Å². The van der Waals surface area contributed by atoms with E-state index in [0.717, 1.165) is 35.2 Å². The fourth-order valence-corrected chi connectivity index (χ4v) is 3.39. The topological polar surface area (TPSA) is 77.1 Å². The number of hydrogen-bond acceptors (Lipinski definition) is 4. The lowest BCUT2D eigenvalue weighted by atomic mass is 10.2. The number of carbonyl (C=O) groups excluding carboxylic acids is 1. The van der Waals surface area contributed by atoms with Crippen LogP contribution in [0.25, 0.3) is 22.0 Å². The van der Waals surface area contributed by atoms with Gasteiger partial charge in [-0.3, -0.25) is 4.79 Å². The highest BCUT2D eigenvalue weighted by Crippen LogP contribution is 2.17. The first kappa shape index (κ1) is 18.0. The van der Waals surface area contributed by atoms with Crippen molar-refractivity contribution in [2.24, 2.45) is 0 Å². The fourth-order valence-electron chi connectivity index (χ4n) is 3.39. The average molecular weight is 375 g/mol.